The Kier molecular flexibility index (Phi) is 3.65. The second kappa shape index (κ2) is 5.30. The Morgan fingerprint density at radius 1 is 1.40 bits per heavy atom. The van der Waals surface area contributed by atoms with Gasteiger partial charge in [0, 0.05) is 24.7 Å². The van der Waals surface area contributed by atoms with Crippen molar-refractivity contribution in [3.8, 4) is 0 Å². The molecule has 3 rings (SSSR count). The zero-order valence-corrected chi connectivity index (χ0v) is 13.2. The fraction of sp³-hybridized carbons (Fsp3) is 0.600. The number of nitrogens with one attached hydrogen (secondary N) is 1. The van der Waals surface area contributed by atoms with Gasteiger partial charge in [-0.3, -0.25) is 0 Å². The molecule has 0 aromatic carbocycles. The smallest absolute Gasteiger partial charge is 0.150 e. The van der Waals surface area contributed by atoms with E-state index in [1.54, 1.807) is 17.7 Å². The van der Waals surface area contributed by atoms with Crippen LogP contribution in [0.1, 0.15) is 33.6 Å². The lowest BCUT2D eigenvalue weighted by molar-refractivity contribution is 0.405. The van der Waals surface area contributed by atoms with Crippen molar-refractivity contribution in [2.45, 2.75) is 45.2 Å². The third kappa shape index (κ3) is 2.79. The van der Waals surface area contributed by atoms with E-state index in [0.717, 1.165) is 24.4 Å². The number of hydrogen-bond acceptors (Lipinski definition) is 5. The minimum atomic E-state index is 0.165. The molecule has 0 aliphatic carbocycles. The van der Waals surface area contributed by atoms with Crippen molar-refractivity contribution in [2.24, 2.45) is 0 Å². The number of thiophene rings is 1. The molecule has 0 spiro atoms. The molecule has 5 heteroatoms. The lowest BCUT2D eigenvalue weighted by atomic mass is 10.1. The summed E-state index contributed by atoms with van der Waals surface area (Å²) >= 11 is 1.74. The summed E-state index contributed by atoms with van der Waals surface area (Å²) in [7, 11) is 0. The molecular weight excluding hydrogens is 268 g/mol. The number of nitrogens with zero attached hydrogens (tertiary/aromatic N) is 3. The topological polar surface area (TPSA) is 41.0 Å². The first-order valence-electron chi connectivity index (χ1n) is 7.24. The molecule has 20 heavy (non-hydrogen) atoms. The van der Waals surface area contributed by atoms with Crippen LogP contribution in [0.4, 0.5) is 5.82 Å². The first-order valence-corrected chi connectivity index (χ1v) is 8.12. The van der Waals surface area contributed by atoms with Crippen LogP contribution in [0.25, 0.3) is 10.2 Å². The zero-order valence-electron chi connectivity index (χ0n) is 12.4. The van der Waals surface area contributed by atoms with Crippen molar-refractivity contribution in [3.63, 3.8) is 0 Å². The molecule has 1 atom stereocenters. The highest BCUT2D eigenvalue weighted by atomic mass is 32.1. The Labute approximate surface area is 124 Å². The fourth-order valence-electron chi connectivity index (χ4n) is 2.73. The van der Waals surface area contributed by atoms with E-state index in [4.69, 9.17) is 0 Å². The minimum Gasteiger partial charge on any atom is -0.351 e. The van der Waals surface area contributed by atoms with E-state index in [9.17, 15) is 0 Å². The van der Waals surface area contributed by atoms with Crippen molar-refractivity contribution < 1.29 is 0 Å². The van der Waals surface area contributed by atoms with E-state index in [1.807, 2.05) is 0 Å². The van der Waals surface area contributed by atoms with Crippen molar-refractivity contribution in [3.05, 3.63) is 17.8 Å². The van der Waals surface area contributed by atoms with Crippen molar-refractivity contribution in [1.29, 1.82) is 0 Å². The molecule has 1 saturated heterocycles. The van der Waals surface area contributed by atoms with Crippen molar-refractivity contribution in [1.82, 2.24) is 15.3 Å². The van der Waals surface area contributed by atoms with E-state index >= 15 is 0 Å². The van der Waals surface area contributed by atoms with Gasteiger partial charge in [0.2, 0.25) is 0 Å². The first kappa shape index (κ1) is 13.8. The van der Waals surface area contributed by atoms with E-state index in [0.29, 0.717) is 6.04 Å². The highest BCUT2D eigenvalue weighted by Crippen LogP contribution is 2.32. The molecule has 3 heterocycles. The van der Waals surface area contributed by atoms with Gasteiger partial charge in [-0.05, 0) is 45.1 Å². The number of anilines is 1. The molecule has 4 nitrogen and oxygen atoms in total. The largest absolute Gasteiger partial charge is 0.351 e. The van der Waals surface area contributed by atoms with E-state index < -0.39 is 0 Å². The SMILES string of the molecule is CC(C)(C)NCC1CCCN1c1ncnc2ccsc12. The lowest BCUT2D eigenvalue weighted by Crippen LogP contribution is -2.45. The van der Waals surface area contributed by atoms with Crippen molar-refractivity contribution >= 4 is 27.4 Å². The van der Waals surface area contributed by atoms with Gasteiger partial charge in [0.1, 0.15) is 12.1 Å². The van der Waals surface area contributed by atoms with Crippen LogP contribution in [0, 0.1) is 0 Å². The quantitative estimate of drug-likeness (QED) is 0.943. The summed E-state index contributed by atoms with van der Waals surface area (Å²) in [6.45, 7) is 8.76. The number of fused-ring (bicyclic) bond motifs is 1. The van der Waals surface area contributed by atoms with Gasteiger partial charge < -0.3 is 10.2 Å². The average Bonchev–Trinajstić information content (AvgIpc) is 3.03. The van der Waals surface area contributed by atoms with Crippen LogP contribution < -0.4 is 10.2 Å². The van der Waals surface area contributed by atoms with Crippen LogP contribution in [-0.2, 0) is 0 Å². The van der Waals surface area contributed by atoms with Gasteiger partial charge in [0.05, 0.1) is 10.2 Å². The Morgan fingerprint density at radius 2 is 2.25 bits per heavy atom. The molecule has 1 aliphatic heterocycles. The van der Waals surface area contributed by atoms with Crippen LogP contribution in [0.2, 0.25) is 0 Å². The Hall–Kier alpha value is -1.20. The second-order valence-corrected chi connectivity index (χ2v) is 7.37. The first-order chi connectivity index (χ1) is 9.54. The van der Waals surface area contributed by atoms with Crippen LogP contribution in [0.3, 0.4) is 0 Å². The lowest BCUT2D eigenvalue weighted by Gasteiger charge is -2.29. The van der Waals surface area contributed by atoms with Gasteiger partial charge in [-0.15, -0.1) is 11.3 Å². The summed E-state index contributed by atoms with van der Waals surface area (Å²) in [4.78, 5) is 11.4. The summed E-state index contributed by atoms with van der Waals surface area (Å²) in [5, 5.41) is 5.72. The van der Waals surface area contributed by atoms with Gasteiger partial charge >= 0.3 is 0 Å². The molecule has 108 valence electrons. The molecule has 0 amide bonds. The Balaban J connectivity index is 1.83. The molecule has 1 fully saturated rings. The average molecular weight is 290 g/mol. The molecule has 0 bridgehead atoms. The maximum Gasteiger partial charge on any atom is 0.150 e. The van der Waals surface area contributed by atoms with E-state index in [1.165, 1.54) is 17.5 Å². The molecule has 2 aromatic heterocycles. The van der Waals surface area contributed by atoms with Gasteiger partial charge in [0.25, 0.3) is 0 Å². The number of hydrogen-bond donors (Lipinski definition) is 1. The highest BCUT2D eigenvalue weighted by molar-refractivity contribution is 7.17. The van der Waals surface area contributed by atoms with E-state index in [2.05, 4.69) is 52.4 Å². The molecule has 0 radical (unpaired) electrons. The van der Waals surface area contributed by atoms with Crippen LogP contribution in [0.5, 0.6) is 0 Å². The molecule has 2 aromatic rings. The molecule has 1 aliphatic rings. The monoisotopic (exact) mass is 290 g/mol. The second-order valence-electron chi connectivity index (χ2n) is 6.45. The number of rotatable bonds is 3. The maximum atomic E-state index is 4.55. The number of aromatic nitrogens is 2. The van der Waals surface area contributed by atoms with Crippen LogP contribution in [-0.4, -0.2) is 34.6 Å². The minimum absolute atomic E-state index is 0.165. The van der Waals surface area contributed by atoms with Crippen LogP contribution in [0.15, 0.2) is 17.8 Å². The van der Waals surface area contributed by atoms with E-state index in [-0.39, 0.29) is 5.54 Å². The third-order valence-electron chi connectivity index (χ3n) is 3.74. The third-order valence-corrected chi connectivity index (χ3v) is 4.64. The Morgan fingerprint density at radius 3 is 3.05 bits per heavy atom. The van der Waals surface area contributed by atoms with Gasteiger partial charge in [0.15, 0.2) is 0 Å². The van der Waals surface area contributed by atoms with Crippen LogP contribution >= 0.6 is 11.3 Å². The molecule has 1 unspecified atom stereocenters. The summed E-state index contributed by atoms with van der Waals surface area (Å²) in [6.07, 6.45) is 4.17. The Bertz CT molecular complexity index is 587. The predicted molar refractivity (Wildman–Crippen MR) is 85.5 cm³/mol. The molecular formula is C15H22N4S. The maximum absolute atomic E-state index is 4.55. The summed E-state index contributed by atoms with van der Waals surface area (Å²) < 4.78 is 1.22. The highest BCUT2D eigenvalue weighted by Gasteiger charge is 2.28. The zero-order chi connectivity index (χ0) is 14.2. The van der Waals surface area contributed by atoms with Gasteiger partial charge in [-0.1, -0.05) is 0 Å². The van der Waals surface area contributed by atoms with Crippen molar-refractivity contribution in [2.75, 3.05) is 18.0 Å². The normalized spacial score (nSPS) is 19.9. The summed E-state index contributed by atoms with van der Waals surface area (Å²) in [6, 6.07) is 2.61. The van der Waals surface area contributed by atoms with Gasteiger partial charge in [-0.25, -0.2) is 9.97 Å². The fourth-order valence-corrected chi connectivity index (χ4v) is 3.58. The predicted octanol–water partition coefficient (Wildman–Crippen LogP) is 3.05. The molecule has 1 N–H and O–H groups in total. The molecule has 0 saturated carbocycles. The standard InChI is InChI=1S/C15H22N4S/c1-15(2,3)18-9-11-5-4-7-19(11)14-13-12(6-8-20-13)16-10-17-14/h6,8,10-11,18H,4-5,7,9H2,1-3H3. The summed E-state index contributed by atoms with van der Waals surface area (Å²) in [5.74, 6) is 1.11. The summed E-state index contributed by atoms with van der Waals surface area (Å²) in [5.41, 5.74) is 1.23. The van der Waals surface area contributed by atoms with Gasteiger partial charge in [-0.2, -0.15) is 0 Å².